The first kappa shape index (κ1) is 19.7. The summed E-state index contributed by atoms with van der Waals surface area (Å²) in [4.78, 5) is 22.3. The summed E-state index contributed by atoms with van der Waals surface area (Å²) >= 11 is 0. The molecule has 0 bridgehead atoms. The van der Waals surface area contributed by atoms with Crippen LogP contribution >= 0.6 is 0 Å². The second-order valence-corrected chi connectivity index (χ2v) is 8.26. The number of hydrogen-bond donors (Lipinski definition) is 3. The third kappa shape index (κ3) is 4.15. The van der Waals surface area contributed by atoms with Gasteiger partial charge in [0.05, 0.1) is 17.0 Å². The molecule has 1 saturated heterocycles. The molecule has 31 heavy (non-hydrogen) atoms. The Morgan fingerprint density at radius 3 is 2.84 bits per heavy atom. The van der Waals surface area contributed by atoms with E-state index in [0.717, 1.165) is 54.6 Å². The number of likely N-dealkylation sites (tertiary alicyclic amines) is 1. The molecule has 3 N–H and O–H groups in total. The fourth-order valence-corrected chi connectivity index (χ4v) is 4.40. The van der Waals surface area contributed by atoms with Crippen molar-refractivity contribution in [1.29, 1.82) is 0 Å². The molecule has 7 nitrogen and oxygen atoms in total. The summed E-state index contributed by atoms with van der Waals surface area (Å²) in [5.41, 5.74) is 4.91. The van der Waals surface area contributed by atoms with Crippen molar-refractivity contribution in [1.82, 2.24) is 25.1 Å². The minimum Gasteiger partial charge on any atom is -0.396 e. The molecule has 1 unspecified atom stereocenters. The summed E-state index contributed by atoms with van der Waals surface area (Å²) in [6.07, 6.45) is 5.65. The molecule has 0 radical (unpaired) electrons. The molecular weight excluding hydrogens is 390 g/mol. The van der Waals surface area contributed by atoms with E-state index < -0.39 is 0 Å². The summed E-state index contributed by atoms with van der Waals surface area (Å²) in [5, 5.41) is 17.3. The standard InChI is InChI=1S/C24H25N5O2/c30-15-17-2-1-9-29(14-17)13-16-3-4-21-19(10-16)11-23(26-21)20-12-22(27-28-24(20)31)18-5-7-25-8-6-18/h3-8,10-12,17,26,30H,1-2,9,13-15H2,(H,28,31). The van der Waals surface area contributed by atoms with Gasteiger partial charge in [0, 0.05) is 48.6 Å². The third-order valence-corrected chi connectivity index (χ3v) is 6.02. The zero-order chi connectivity index (χ0) is 21.2. The van der Waals surface area contributed by atoms with Crippen molar-refractivity contribution < 1.29 is 5.11 Å². The normalized spacial score (nSPS) is 17.3. The molecule has 0 saturated carbocycles. The van der Waals surface area contributed by atoms with E-state index in [2.05, 4.69) is 43.3 Å². The molecule has 3 aromatic heterocycles. The quantitative estimate of drug-likeness (QED) is 0.465. The number of nitrogens with zero attached hydrogens (tertiary/aromatic N) is 3. The van der Waals surface area contributed by atoms with Gasteiger partial charge >= 0.3 is 0 Å². The fourth-order valence-electron chi connectivity index (χ4n) is 4.40. The smallest absolute Gasteiger partial charge is 0.273 e. The molecule has 1 aromatic carbocycles. The van der Waals surface area contributed by atoms with Crippen molar-refractivity contribution >= 4 is 10.9 Å². The maximum absolute atomic E-state index is 12.5. The monoisotopic (exact) mass is 415 g/mol. The second-order valence-electron chi connectivity index (χ2n) is 8.26. The summed E-state index contributed by atoms with van der Waals surface area (Å²) in [6, 6.07) is 13.9. The number of pyridine rings is 1. The van der Waals surface area contributed by atoms with Gasteiger partial charge in [0.2, 0.25) is 0 Å². The van der Waals surface area contributed by atoms with Crippen LogP contribution in [0, 0.1) is 5.92 Å². The Balaban J connectivity index is 1.43. The minimum atomic E-state index is -0.229. The third-order valence-electron chi connectivity index (χ3n) is 6.02. The highest BCUT2D eigenvalue weighted by molar-refractivity contribution is 5.86. The van der Waals surface area contributed by atoms with Crippen LogP contribution in [0.1, 0.15) is 18.4 Å². The number of H-pyrrole nitrogens is 2. The van der Waals surface area contributed by atoms with Gasteiger partial charge < -0.3 is 10.1 Å². The molecule has 4 aromatic rings. The Kier molecular flexibility index (Phi) is 5.36. The van der Waals surface area contributed by atoms with E-state index in [-0.39, 0.29) is 12.2 Å². The van der Waals surface area contributed by atoms with Gasteiger partial charge in [-0.1, -0.05) is 6.07 Å². The molecule has 7 heteroatoms. The Morgan fingerprint density at radius 1 is 1.13 bits per heavy atom. The lowest BCUT2D eigenvalue weighted by Crippen LogP contribution is -2.36. The van der Waals surface area contributed by atoms with Gasteiger partial charge in [0.15, 0.2) is 0 Å². The number of aliphatic hydroxyl groups is 1. The number of piperidine rings is 1. The van der Waals surface area contributed by atoms with Crippen molar-refractivity contribution in [3.8, 4) is 22.5 Å². The Morgan fingerprint density at radius 2 is 2.00 bits per heavy atom. The predicted molar refractivity (Wildman–Crippen MR) is 120 cm³/mol. The molecule has 1 atom stereocenters. The van der Waals surface area contributed by atoms with Crippen LogP contribution in [0.4, 0.5) is 0 Å². The molecule has 4 heterocycles. The highest BCUT2D eigenvalue weighted by Crippen LogP contribution is 2.26. The number of nitrogens with one attached hydrogen (secondary N) is 2. The van der Waals surface area contributed by atoms with Crippen LogP contribution in [0.3, 0.4) is 0 Å². The molecule has 5 rings (SSSR count). The maximum Gasteiger partial charge on any atom is 0.273 e. The molecule has 1 aliphatic heterocycles. The Bertz CT molecular complexity index is 1250. The number of rotatable bonds is 5. The van der Waals surface area contributed by atoms with Crippen LogP contribution in [-0.2, 0) is 6.54 Å². The number of aromatic amines is 2. The largest absolute Gasteiger partial charge is 0.396 e. The lowest BCUT2D eigenvalue weighted by Gasteiger charge is -2.31. The Labute approximate surface area is 179 Å². The molecular formula is C24H25N5O2. The van der Waals surface area contributed by atoms with Crippen molar-refractivity contribution in [2.75, 3.05) is 19.7 Å². The average molecular weight is 415 g/mol. The van der Waals surface area contributed by atoms with E-state index >= 15 is 0 Å². The van der Waals surface area contributed by atoms with Crippen LogP contribution in [0.5, 0.6) is 0 Å². The highest BCUT2D eigenvalue weighted by atomic mass is 16.3. The van der Waals surface area contributed by atoms with E-state index in [0.29, 0.717) is 17.2 Å². The van der Waals surface area contributed by atoms with Gasteiger partial charge in [-0.2, -0.15) is 5.10 Å². The van der Waals surface area contributed by atoms with Gasteiger partial charge in [-0.3, -0.25) is 14.7 Å². The van der Waals surface area contributed by atoms with Crippen LogP contribution in [-0.4, -0.2) is 49.9 Å². The van der Waals surface area contributed by atoms with E-state index in [4.69, 9.17) is 0 Å². The van der Waals surface area contributed by atoms with Crippen LogP contribution in [0.15, 0.2) is 59.7 Å². The van der Waals surface area contributed by atoms with Crippen LogP contribution in [0.2, 0.25) is 0 Å². The van der Waals surface area contributed by atoms with E-state index in [1.165, 1.54) is 5.56 Å². The molecule has 158 valence electrons. The Hall–Kier alpha value is -3.29. The average Bonchev–Trinajstić information content (AvgIpc) is 3.23. The van der Waals surface area contributed by atoms with Crippen LogP contribution < -0.4 is 5.56 Å². The highest BCUT2D eigenvalue weighted by Gasteiger charge is 2.19. The zero-order valence-electron chi connectivity index (χ0n) is 17.2. The van der Waals surface area contributed by atoms with Gasteiger partial charge in [-0.15, -0.1) is 0 Å². The van der Waals surface area contributed by atoms with E-state index in [1.807, 2.05) is 24.3 Å². The van der Waals surface area contributed by atoms with Gasteiger partial charge in [0.1, 0.15) is 0 Å². The van der Waals surface area contributed by atoms with Gasteiger partial charge in [-0.05, 0) is 67.3 Å². The summed E-state index contributed by atoms with van der Waals surface area (Å²) in [7, 11) is 0. The second kappa shape index (κ2) is 8.45. The zero-order valence-corrected chi connectivity index (χ0v) is 17.2. The number of fused-ring (bicyclic) bond motifs is 1. The number of aromatic nitrogens is 4. The molecule has 0 aliphatic carbocycles. The maximum atomic E-state index is 12.5. The number of aliphatic hydroxyl groups excluding tert-OH is 1. The van der Waals surface area contributed by atoms with Gasteiger partial charge in [0.25, 0.3) is 5.56 Å². The summed E-state index contributed by atoms with van der Waals surface area (Å²) in [5.74, 6) is 0.379. The van der Waals surface area contributed by atoms with Crippen molar-refractivity contribution in [3.63, 3.8) is 0 Å². The first-order chi connectivity index (χ1) is 15.2. The van der Waals surface area contributed by atoms with E-state index in [9.17, 15) is 9.90 Å². The molecule has 0 spiro atoms. The van der Waals surface area contributed by atoms with Crippen molar-refractivity contribution in [2.24, 2.45) is 5.92 Å². The van der Waals surface area contributed by atoms with Crippen LogP contribution in [0.25, 0.3) is 33.4 Å². The molecule has 1 fully saturated rings. The first-order valence-electron chi connectivity index (χ1n) is 10.6. The van der Waals surface area contributed by atoms with E-state index in [1.54, 1.807) is 12.4 Å². The molecule has 1 aliphatic rings. The predicted octanol–water partition coefficient (Wildman–Crippen LogP) is 3.18. The number of hydrogen-bond acceptors (Lipinski definition) is 5. The molecule has 0 amide bonds. The lowest BCUT2D eigenvalue weighted by atomic mass is 9.98. The van der Waals surface area contributed by atoms with Crippen molar-refractivity contribution in [3.05, 3.63) is 70.8 Å². The lowest BCUT2D eigenvalue weighted by molar-refractivity contribution is 0.116. The van der Waals surface area contributed by atoms with Crippen molar-refractivity contribution in [2.45, 2.75) is 19.4 Å². The number of benzene rings is 1. The first-order valence-corrected chi connectivity index (χ1v) is 10.6. The van der Waals surface area contributed by atoms with Gasteiger partial charge in [-0.25, -0.2) is 5.10 Å². The summed E-state index contributed by atoms with van der Waals surface area (Å²) < 4.78 is 0. The SMILES string of the molecule is O=c1[nH]nc(-c2ccncc2)cc1-c1cc2cc(CN3CCCC(CO)C3)ccc2[nH]1. The topological polar surface area (TPSA) is 97.9 Å². The fraction of sp³-hybridized carbons (Fsp3) is 0.292. The summed E-state index contributed by atoms with van der Waals surface area (Å²) in [6.45, 7) is 3.14. The minimum absolute atomic E-state index is 0.229.